The molecule has 0 bridgehead atoms. The van der Waals surface area contributed by atoms with Gasteiger partial charge >= 0.3 is 0 Å². The number of nitrogens with zero attached hydrogens (tertiary/aromatic N) is 2. The van der Waals surface area contributed by atoms with Crippen LogP contribution in [0.3, 0.4) is 0 Å². The Kier molecular flexibility index (Phi) is 4.20. The number of carbonyl (C=O) groups is 4. The molecule has 142 valence electrons. The second-order valence-electron chi connectivity index (χ2n) is 7.11. The molecule has 9 heteroatoms. The van der Waals surface area contributed by atoms with Gasteiger partial charge in [-0.15, -0.1) is 0 Å². The highest BCUT2D eigenvalue weighted by molar-refractivity contribution is 6.23. The van der Waals surface area contributed by atoms with Crippen LogP contribution in [0.1, 0.15) is 40.0 Å². The summed E-state index contributed by atoms with van der Waals surface area (Å²) < 4.78 is 0. The molecule has 27 heavy (non-hydrogen) atoms. The topological polar surface area (TPSA) is 133 Å². The average molecular weight is 372 g/mol. The van der Waals surface area contributed by atoms with E-state index in [1.165, 1.54) is 0 Å². The maximum Gasteiger partial charge on any atom is 0.262 e. The number of imide groups is 2. The van der Waals surface area contributed by atoms with Gasteiger partial charge in [0.25, 0.3) is 11.8 Å². The molecule has 2 fully saturated rings. The van der Waals surface area contributed by atoms with Crippen molar-refractivity contribution in [3.8, 4) is 0 Å². The van der Waals surface area contributed by atoms with Crippen molar-refractivity contribution in [3.63, 3.8) is 0 Å². The highest BCUT2D eigenvalue weighted by Crippen LogP contribution is 2.33. The number of rotatable bonds is 3. The summed E-state index contributed by atoms with van der Waals surface area (Å²) in [5.74, 6) is -2.12. The third-order valence-electron chi connectivity index (χ3n) is 5.42. The standard InChI is InChI=1S/C18H20N4O5/c19-7-10-5-11(23)8-21(10)9-1-2-12-13(6-9)18(27)22(17(12)26)14-3-4-15(24)20-16(14)25/h1-2,6,10-11,14,23H,3-5,7-8,19H2,(H,20,24,25)/t10-,11+,14?/m0/s1. The minimum Gasteiger partial charge on any atom is -0.391 e. The summed E-state index contributed by atoms with van der Waals surface area (Å²) in [6.45, 7) is 0.767. The Balaban J connectivity index is 1.64. The number of piperidine rings is 1. The van der Waals surface area contributed by atoms with E-state index in [1.54, 1.807) is 18.2 Å². The van der Waals surface area contributed by atoms with Gasteiger partial charge in [0.2, 0.25) is 11.8 Å². The van der Waals surface area contributed by atoms with E-state index >= 15 is 0 Å². The van der Waals surface area contributed by atoms with Crippen LogP contribution in [-0.2, 0) is 9.59 Å². The Morgan fingerprint density at radius 1 is 1.15 bits per heavy atom. The van der Waals surface area contributed by atoms with Gasteiger partial charge in [0.15, 0.2) is 0 Å². The van der Waals surface area contributed by atoms with Gasteiger partial charge in [0.05, 0.1) is 17.2 Å². The van der Waals surface area contributed by atoms with Crippen molar-refractivity contribution < 1.29 is 24.3 Å². The Hall–Kier alpha value is -2.78. The molecule has 0 aromatic heterocycles. The van der Waals surface area contributed by atoms with Crippen molar-refractivity contribution in [2.75, 3.05) is 18.0 Å². The van der Waals surface area contributed by atoms with Crippen molar-refractivity contribution in [1.29, 1.82) is 0 Å². The first kappa shape index (κ1) is 17.6. The number of carbonyl (C=O) groups excluding carboxylic acids is 4. The Morgan fingerprint density at radius 2 is 1.89 bits per heavy atom. The summed E-state index contributed by atoms with van der Waals surface area (Å²) in [6.07, 6.45) is 0.252. The van der Waals surface area contributed by atoms with Crippen molar-refractivity contribution in [2.24, 2.45) is 5.73 Å². The van der Waals surface area contributed by atoms with E-state index in [4.69, 9.17) is 5.73 Å². The van der Waals surface area contributed by atoms with Gasteiger partial charge in [-0.05, 0) is 31.0 Å². The van der Waals surface area contributed by atoms with Gasteiger partial charge in [-0.2, -0.15) is 0 Å². The van der Waals surface area contributed by atoms with Gasteiger partial charge < -0.3 is 15.7 Å². The van der Waals surface area contributed by atoms with Crippen LogP contribution >= 0.6 is 0 Å². The molecular formula is C18H20N4O5. The summed E-state index contributed by atoms with van der Waals surface area (Å²) >= 11 is 0. The molecule has 1 unspecified atom stereocenters. The summed E-state index contributed by atoms with van der Waals surface area (Å²) in [5.41, 5.74) is 6.93. The molecule has 0 aliphatic carbocycles. The number of fused-ring (bicyclic) bond motifs is 1. The van der Waals surface area contributed by atoms with Crippen molar-refractivity contribution >= 4 is 29.3 Å². The number of hydrogen-bond acceptors (Lipinski definition) is 7. The summed E-state index contributed by atoms with van der Waals surface area (Å²) in [5, 5.41) is 12.1. The first-order chi connectivity index (χ1) is 12.9. The van der Waals surface area contributed by atoms with Crippen LogP contribution in [0.2, 0.25) is 0 Å². The largest absolute Gasteiger partial charge is 0.391 e. The predicted molar refractivity (Wildman–Crippen MR) is 93.9 cm³/mol. The molecule has 9 nitrogen and oxygen atoms in total. The molecule has 4 amide bonds. The maximum absolute atomic E-state index is 12.9. The fraction of sp³-hybridized carbons (Fsp3) is 0.444. The van der Waals surface area contributed by atoms with Crippen LogP contribution in [0.5, 0.6) is 0 Å². The minimum atomic E-state index is -0.982. The highest BCUT2D eigenvalue weighted by Gasteiger charge is 2.45. The number of anilines is 1. The molecule has 0 radical (unpaired) electrons. The molecule has 3 atom stereocenters. The van der Waals surface area contributed by atoms with E-state index in [1.807, 2.05) is 4.90 Å². The Morgan fingerprint density at radius 3 is 2.59 bits per heavy atom. The lowest BCUT2D eigenvalue weighted by Gasteiger charge is -2.27. The van der Waals surface area contributed by atoms with Gasteiger partial charge in [-0.1, -0.05) is 0 Å². The van der Waals surface area contributed by atoms with E-state index in [0.717, 1.165) is 4.90 Å². The zero-order chi connectivity index (χ0) is 19.3. The predicted octanol–water partition coefficient (Wildman–Crippen LogP) is -1.01. The molecule has 1 aromatic rings. The molecule has 0 spiro atoms. The second-order valence-corrected chi connectivity index (χ2v) is 7.11. The number of nitrogens with two attached hydrogens (primary N) is 1. The van der Waals surface area contributed by atoms with Gasteiger partial charge in [-0.25, -0.2) is 0 Å². The van der Waals surface area contributed by atoms with Crippen molar-refractivity contribution in [2.45, 2.75) is 37.5 Å². The number of nitrogens with one attached hydrogen (secondary N) is 1. The summed E-state index contributed by atoms with van der Waals surface area (Å²) in [4.78, 5) is 51.9. The van der Waals surface area contributed by atoms with Crippen LogP contribution in [0.15, 0.2) is 18.2 Å². The third kappa shape index (κ3) is 2.79. The molecule has 0 saturated carbocycles. The molecule has 3 aliphatic heterocycles. The fourth-order valence-electron chi connectivity index (χ4n) is 4.07. The number of benzene rings is 1. The Bertz CT molecular complexity index is 854. The Labute approximate surface area is 155 Å². The zero-order valence-electron chi connectivity index (χ0n) is 14.6. The van der Waals surface area contributed by atoms with Gasteiger partial charge in [0, 0.05) is 31.2 Å². The van der Waals surface area contributed by atoms with Crippen LogP contribution in [0.25, 0.3) is 0 Å². The van der Waals surface area contributed by atoms with E-state index in [-0.39, 0.29) is 30.0 Å². The number of amides is 4. The third-order valence-corrected chi connectivity index (χ3v) is 5.42. The maximum atomic E-state index is 12.9. The molecule has 1 aromatic carbocycles. The second kappa shape index (κ2) is 6.43. The van der Waals surface area contributed by atoms with Crippen molar-refractivity contribution in [1.82, 2.24) is 10.2 Å². The van der Waals surface area contributed by atoms with Gasteiger partial charge in [-0.3, -0.25) is 29.4 Å². The monoisotopic (exact) mass is 372 g/mol. The normalized spacial score (nSPS) is 28.0. The van der Waals surface area contributed by atoms with E-state index in [0.29, 0.717) is 25.2 Å². The highest BCUT2D eigenvalue weighted by atomic mass is 16.3. The van der Waals surface area contributed by atoms with Crippen LogP contribution in [-0.4, -0.2) is 64.9 Å². The first-order valence-electron chi connectivity index (χ1n) is 8.91. The van der Waals surface area contributed by atoms with E-state index < -0.39 is 35.8 Å². The smallest absolute Gasteiger partial charge is 0.262 e. The van der Waals surface area contributed by atoms with Crippen LogP contribution in [0, 0.1) is 0 Å². The lowest BCUT2D eigenvalue weighted by Crippen LogP contribution is -2.54. The first-order valence-corrected chi connectivity index (χ1v) is 8.91. The lowest BCUT2D eigenvalue weighted by atomic mass is 10.0. The molecule has 4 N–H and O–H groups in total. The molecule has 2 saturated heterocycles. The zero-order valence-corrected chi connectivity index (χ0v) is 14.6. The number of hydrogen-bond donors (Lipinski definition) is 3. The summed E-state index contributed by atoms with van der Waals surface area (Å²) in [6, 6.07) is 3.87. The number of aliphatic hydroxyl groups is 1. The number of aliphatic hydroxyl groups excluding tert-OH is 1. The lowest BCUT2D eigenvalue weighted by molar-refractivity contribution is -0.136. The van der Waals surface area contributed by atoms with Gasteiger partial charge in [0.1, 0.15) is 6.04 Å². The van der Waals surface area contributed by atoms with E-state index in [2.05, 4.69) is 5.32 Å². The van der Waals surface area contributed by atoms with Crippen molar-refractivity contribution in [3.05, 3.63) is 29.3 Å². The summed E-state index contributed by atoms with van der Waals surface area (Å²) in [7, 11) is 0. The molecular weight excluding hydrogens is 352 g/mol. The molecule has 4 rings (SSSR count). The SMILES string of the molecule is NC[C@@H]1C[C@@H](O)CN1c1ccc2c(c1)C(=O)N(C1CCC(=O)NC1=O)C2=O. The average Bonchev–Trinajstić information content (AvgIpc) is 3.14. The minimum absolute atomic E-state index is 0.0449. The quantitative estimate of drug-likeness (QED) is 0.579. The van der Waals surface area contributed by atoms with Crippen LogP contribution in [0.4, 0.5) is 5.69 Å². The molecule has 3 heterocycles. The fourth-order valence-corrected chi connectivity index (χ4v) is 4.07. The van der Waals surface area contributed by atoms with Crippen LogP contribution < -0.4 is 16.0 Å². The number of β-amino-alcohol motifs (C(OH)–C–C–N with tert-alkyl or cyclic N) is 1. The molecule has 3 aliphatic rings. The van der Waals surface area contributed by atoms with E-state index in [9.17, 15) is 24.3 Å².